The van der Waals surface area contributed by atoms with E-state index in [-0.39, 0.29) is 11.3 Å². The molecule has 2 aromatic heterocycles. The number of hydrogen-bond acceptors (Lipinski definition) is 3. The molecule has 2 aromatic rings. The Morgan fingerprint density at radius 3 is 2.69 bits per heavy atom. The third kappa shape index (κ3) is 1.64. The summed E-state index contributed by atoms with van der Waals surface area (Å²) in [6.45, 7) is 5.51. The van der Waals surface area contributed by atoms with E-state index >= 15 is 0 Å². The molecule has 0 aliphatic heterocycles. The van der Waals surface area contributed by atoms with Gasteiger partial charge in [-0.15, -0.1) is 0 Å². The number of fused-ring (bicyclic) bond motifs is 1. The normalized spacial score (nSPS) is 11.9. The van der Waals surface area contributed by atoms with E-state index in [9.17, 15) is 9.59 Å². The van der Waals surface area contributed by atoms with Gasteiger partial charge in [0.25, 0.3) is 5.56 Å². The van der Waals surface area contributed by atoms with E-state index in [1.807, 2.05) is 20.8 Å². The Labute approximate surface area is 91.9 Å². The summed E-state index contributed by atoms with van der Waals surface area (Å²) in [7, 11) is 0. The molecule has 0 atom stereocenters. The molecule has 0 bridgehead atoms. The largest absolute Gasteiger partial charge is 0.344 e. The number of Topliss-reactive ketones (excluding diaryl/α,β-unsaturated/α-hetero) is 1. The SMILES string of the molecule is CC(C)(C)C(=O)c1c[nH]c2ncc(=O)[nH]c12. The van der Waals surface area contributed by atoms with Crippen LogP contribution in [0.15, 0.2) is 17.2 Å². The summed E-state index contributed by atoms with van der Waals surface area (Å²) >= 11 is 0. The molecule has 2 rings (SSSR count). The number of aromatic nitrogens is 3. The van der Waals surface area contributed by atoms with Crippen LogP contribution >= 0.6 is 0 Å². The minimum absolute atomic E-state index is 0.0256. The Hall–Kier alpha value is -1.91. The monoisotopic (exact) mass is 219 g/mol. The van der Waals surface area contributed by atoms with Gasteiger partial charge in [-0.1, -0.05) is 20.8 Å². The van der Waals surface area contributed by atoms with Gasteiger partial charge in [-0.05, 0) is 0 Å². The molecule has 2 heterocycles. The van der Waals surface area contributed by atoms with Gasteiger partial charge in [0.1, 0.15) is 0 Å². The van der Waals surface area contributed by atoms with Crippen LogP contribution in [0.1, 0.15) is 31.1 Å². The van der Waals surface area contributed by atoms with Crippen LogP contribution in [0.25, 0.3) is 11.2 Å². The summed E-state index contributed by atoms with van der Waals surface area (Å²) in [6, 6.07) is 0. The van der Waals surface area contributed by atoms with Crippen molar-refractivity contribution in [2.24, 2.45) is 5.41 Å². The highest BCUT2D eigenvalue weighted by Crippen LogP contribution is 2.24. The molecule has 84 valence electrons. The van der Waals surface area contributed by atoms with Gasteiger partial charge in [0.15, 0.2) is 11.4 Å². The lowest BCUT2D eigenvalue weighted by Gasteiger charge is -2.15. The molecule has 0 aliphatic carbocycles. The highest BCUT2D eigenvalue weighted by Gasteiger charge is 2.25. The fourth-order valence-corrected chi connectivity index (χ4v) is 1.50. The highest BCUT2D eigenvalue weighted by atomic mass is 16.1. The summed E-state index contributed by atoms with van der Waals surface area (Å²) < 4.78 is 0. The van der Waals surface area contributed by atoms with Crippen molar-refractivity contribution < 1.29 is 4.79 Å². The Morgan fingerprint density at radius 2 is 2.06 bits per heavy atom. The van der Waals surface area contributed by atoms with E-state index in [4.69, 9.17) is 0 Å². The second-order valence-electron chi connectivity index (χ2n) is 4.75. The zero-order chi connectivity index (χ0) is 11.9. The zero-order valence-corrected chi connectivity index (χ0v) is 9.42. The third-order valence-corrected chi connectivity index (χ3v) is 2.34. The molecule has 0 amide bonds. The van der Waals surface area contributed by atoms with Crippen LogP contribution < -0.4 is 5.56 Å². The maximum atomic E-state index is 12.1. The molecule has 0 saturated heterocycles. The zero-order valence-electron chi connectivity index (χ0n) is 9.42. The quantitative estimate of drug-likeness (QED) is 0.713. The number of carbonyl (C=O) groups is 1. The van der Waals surface area contributed by atoms with Crippen molar-refractivity contribution in [3.05, 3.63) is 28.3 Å². The summed E-state index contributed by atoms with van der Waals surface area (Å²) in [5.74, 6) is -0.0256. The fourth-order valence-electron chi connectivity index (χ4n) is 1.50. The van der Waals surface area contributed by atoms with Crippen molar-refractivity contribution >= 4 is 16.9 Å². The maximum absolute atomic E-state index is 12.1. The third-order valence-electron chi connectivity index (χ3n) is 2.34. The van der Waals surface area contributed by atoms with Gasteiger partial charge in [-0.2, -0.15) is 0 Å². The minimum Gasteiger partial charge on any atom is -0.344 e. The van der Waals surface area contributed by atoms with Crippen molar-refractivity contribution in [3.63, 3.8) is 0 Å². The number of ketones is 1. The Balaban J connectivity index is 2.66. The average Bonchev–Trinajstić information content (AvgIpc) is 2.57. The molecule has 0 unspecified atom stereocenters. The summed E-state index contributed by atoms with van der Waals surface area (Å²) in [4.78, 5) is 32.6. The van der Waals surface area contributed by atoms with Gasteiger partial charge in [-0.3, -0.25) is 9.59 Å². The first kappa shape index (κ1) is 10.6. The Kier molecular flexibility index (Phi) is 2.18. The van der Waals surface area contributed by atoms with E-state index in [2.05, 4.69) is 15.0 Å². The van der Waals surface area contributed by atoms with E-state index in [1.54, 1.807) is 6.20 Å². The van der Waals surface area contributed by atoms with Crippen molar-refractivity contribution in [1.29, 1.82) is 0 Å². The molecule has 0 aliphatic rings. The van der Waals surface area contributed by atoms with Gasteiger partial charge in [0.05, 0.1) is 17.3 Å². The van der Waals surface area contributed by atoms with Crippen LogP contribution in [0.4, 0.5) is 0 Å². The molecule has 0 saturated carbocycles. The highest BCUT2D eigenvalue weighted by molar-refractivity contribution is 6.08. The van der Waals surface area contributed by atoms with Crippen LogP contribution in [-0.4, -0.2) is 20.7 Å². The number of hydrogen-bond donors (Lipinski definition) is 2. The van der Waals surface area contributed by atoms with Gasteiger partial charge in [0, 0.05) is 11.6 Å². The molecule has 16 heavy (non-hydrogen) atoms. The predicted octanol–water partition coefficient (Wildman–Crippen LogP) is 1.48. The standard InChI is InChI=1S/C11H13N3O2/c1-11(2,3)9(16)6-4-12-10-8(6)14-7(15)5-13-10/h4-5H,1-3H3,(H,12,13)(H,14,15). The Morgan fingerprint density at radius 1 is 1.38 bits per heavy atom. The van der Waals surface area contributed by atoms with Crippen molar-refractivity contribution in [2.45, 2.75) is 20.8 Å². The van der Waals surface area contributed by atoms with Gasteiger partial charge >= 0.3 is 0 Å². The molecule has 0 aromatic carbocycles. The first-order valence-electron chi connectivity index (χ1n) is 5.01. The van der Waals surface area contributed by atoms with E-state index in [0.717, 1.165) is 0 Å². The van der Waals surface area contributed by atoms with E-state index in [1.165, 1.54) is 6.20 Å². The lowest BCUT2D eigenvalue weighted by atomic mass is 9.87. The van der Waals surface area contributed by atoms with Gasteiger partial charge in [-0.25, -0.2) is 4.98 Å². The topological polar surface area (TPSA) is 78.6 Å². The van der Waals surface area contributed by atoms with Crippen LogP contribution in [0.5, 0.6) is 0 Å². The van der Waals surface area contributed by atoms with Crippen LogP contribution in [0.3, 0.4) is 0 Å². The van der Waals surface area contributed by atoms with Crippen molar-refractivity contribution in [2.75, 3.05) is 0 Å². The molecule has 0 fully saturated rings. The first-order valence-corrected chi connectivity index (χ1v) is 5.01. The van der Waals surface area contributed by atoms with Crippen molar-refractivity contribution in [1.82, 2.24) is 15.0 Å². The number of aromatic amines is 2. The average molecular weight is 219 g/mol. The Bertz CT molecular complexity index is 601. The van der Waals surface area contributed by atoms with Gasteiger partial charge < -0.3 is 9.97 Å². The van der Waals surface area contributed by atoms with Crippen LogP contribution in [0, 0.1) is 5.41 Å². The molecule has 5 nitrogen and oxygen atoms in total. The summed E-state index contributed by atoms with van der Waals surface area (Å²) in [5.41, 5.74) is 0.685. The lowest BCUT2D eigenvalue weighted by Crippen LogP contribution is -2.20. The second kappa shape index (κ2) is 3.30. The second-order valence-corrected chi connectivity index (χ2v) is 4.75. The van der Waals surface area contributed by atoms with Crippen molar-refractivity contribution in [3.8, 4) is 0 Å². The van der Waals surface area contributed by atoms with Crippen LogP contribution in [-0.2, 0) is 0 Å². The maximum Gasteiger partial charge on any atom is 0.267 e. The smallest absolute Gasteiger partial charge is 0.267 e. The molecular formula is C11H13N3O2. The van der Waals surface area contributed by atoms with Gasteiger partial charge in [0.2, 0.25) is 0 Å². The fraction of sp³-hybridized carbons (Fsp3) is 0.364. The summed E-state index contributed by atoms with van der Waals surface area (Å²) in [5, 5.41) is 0. The minimum atomic E-state index is -0.484. The predicted molar refractivity (Wildman–Crippen MR) is 60.5 cm³/mol. The van der Waals surface area contributed by atoms with Crippen LogP contribution in [0.2, 0.25) is 0 Å². The number of rotatable bonds is 1. The first-order chi connectivity index (χ1) is 7.39. The number of nitrogens with one attached hydrogen (secondary N) is 2. The lowest BCUT2D eigenvalue weighted by molar-refractivity contribution is 0.0860. The molecule has 0 spiro atoms. The van der Waals surface area contributed by atoms with E-state index in [0.29, 0.717) is 16.7 Å². The molecule has 5 heteroatoms. The number of nitrogens with zero attached hydrogens (tertiary/aromatic N) is 1. The number of carbonyl (C=O) groups excluding carboxylic acids is 1. The number of H-pyrrole nitrogens is 2. The van der Waals surface area contributed by atoms with E-state index < -0.39 is 5.41 Å². The molecule has 2 N–H and O–H groups in total. The summed E-state index contributed by atoms with van der Waals surface area (Å²) in [6.07, 6.45) is 2.77. The molecular weight excluding hydrogens is 206 g/mol. The molecule has 0 radical (unpaired) electrons.